The van der Waals surface area contributed by atoms with Crippen LogP contribution in [0.5, 0.6) is 0 Å². The van der Waals surface area contributed by atoms with E-state index in [1.807, 2.05) is 43.5 Å². The van der Waals surface area contributed by atoms with Crippen molar-refractivity contribution in [3.05, 3.63) is 58.5 Å². The summed E-state index contributed by atoms with van der Waals surface area (Å²) in [6.07, 6.45) is 4.36. The molecule has 28 heavy (non-hydrogen) atoms. The second-order valence-electron chi connectivity index (χ2n) is 7.16. The molecule has 0 bridgehead atoms. The molecule has 1 saturated carbocycles. The van der Waals surface area contributed by atoms with Gasteiger partial charge in [0.1, 0.15) is 5.82 Å². The number of nitrogens with zero attached hydrogens (tertiary/aromatic N) is 3. The summed E-state index contributed by atoms with van der Waals surface area (Å²) in [6, 6.07) is 9.96. The molecule has 0 radical (unpaired) electrons. The molecule has 3 aromatic heterocycles. The van der Waals surface area contributed by atoms with Crippen molar-refractivity contribution in [3.63, 3.8) is 0 Å². The second kappa shape index (κ2) is 6.83. The molecule has 4 aromatic rings. The van der Waals surface area contributed by atoms with Crippen molar-refractivity contribution in [1.29, 1.82) is 0 Å². The maximum Gasteiger partial charge on any atom is 0.225 e. The van der Waals surface area contributed by atoms with Crippen molar-refractivity contribution in [2.45, 2.75) is 32.2 Å². The topological polar surface area (TPSA) is 94.3 Å². The van der Waals surface area contributed by atoms with Crippen molar-refractivity contribution in [2.75, 3.05) is 10.6 Å². The lowest BCUT2D eigenvalue weighted by Crippen LogP contribution is -2.07. The lowest BCUT2D eigenvalue weighted by molar-refractivity contribution is 0.965. The highest BCUT2D eigenvalue weighted by molar-refractivity contribution is 6.36. The van der Waals surface area contributed by atoms with E-state index in [2.05, 4.69) is 35.8 Å². The van der Waals surface area contributed by atoms with Crippen LogP contribution in [0.1, 0.15) is 35.7 Å². The first-order valence-electron chi connectivity index (χ1n) is 9.32. The highest BCUT2D eigenvalue weighted by Gasteiger charge is 2.25. The Morgan fingerprint density at radius 2 is 2.04 bits per heavy atom. The molecule has 1 fully saturated rings. The Labute approximate surface area is 166 Å². The number of aromatic nitrogens is 5. The fourth-order valence-corrected chi connectivity index (χ4v) is 3.59. The van der Waals surface area contributed by atoms with Gasteiger partial charge >= 0.3 is 0 Å². The molecule has 0 atom stereocenters. The molecule has 142 valence electrons. The summed E-state index contributed by atoms with van der Waals surface area (Å²) in [5.41, 5.74) is 4.07. The largest absolute Gasteiger partial charge is 0.361 e. The molecule has 8 heteroatoms. The van der Waals surface area contributed by atoms with Crippen molar-refractivity contribution in [2.24, 2.45) is 0 Å². The van der Waals surface area contributed by atoms with Crippen LogP contribution in [0.3, 0.4) is 0 Å². The number of fused-ring (bicyclic) bond motifs is 1. The van der Waals surface area contributed by atoms with Crippen LogP contribution in [-0.4, -0.2) is 25.1 Å². The van der Waals surface area contributed by atoms with Crippen molar-refractivity contribution < 1.29 is 0 Å². The van der Waals surface area contributed by atoms with E-state index in [9.17, 15) is 0 Å². The average molecular weight is 394 g/mol. The molecule has 4 N–H and O–H groups in total. The molecule has 0 aliphatic heterocycles. The average Bonchev–Trinajstić information content (AvgIpc) is 3.22. The van der Waals surface area contributed by atoms with Crippen molar-refractivity contribution in [3.8, 4) is 0 Å². The molecule has 0 spiro atoms. The number of nitrogens with one attached hydrogen (secondary N) is 4. The summed E-state index contributed by atoms with van der Waals surface area (Å²) in [5.74, 6) is 2.66. The summed E-state index contributed by atoms with van der Waals surface area (Å²) < 4.78 is 0. The van der Waals surface area contributed by atoms with Crippen LogP contribution in [0.15, 0.2) is 36.5 Å². The molecule has 7 nitrogen and oxygen atoms in total. The van der Waals surface area contributed by atoms with Crippen LogP contribution in [0.4, 0.5) is 17.6 Å². The molecule has 1 aliphatic rings. The van der Waals surface area contributed by atoms with Crippen LogP contribution < -0.4 is 10.6 Å². The zero-order valence-electron chi connectivity index (χ0n) is 15.4. The number of rotatable bonds is 6. The van der Waals surface area contributed by atoms with Gasteiger partial charge in [0.15, 0.2) is 5.82 Å². The smallest absolute Gasteiger partial charge is 0.225 e. The number of benzene rings is 1. The van der Waals surface area contributed by atoms with Gasteiger partial charge in [0.25, 0.3) is 0 Å². The summed E-state index contributed by atoms with van der Waals surface area (Å²) in [6.45, 7) is 2.48. The Morgan fingerprint density at radius 3 is 2.89 bits per heavy atom. The zero-order valence-corrected chi connectivity index (χ0v) is 16.1. The number of aromatic amines is 2. The van der Waals surface area contributed by atoms with E-state index in [1.54, 1.807) is 0 Å². The molecule has 1 aromatic carbocycles. The van der Waals surface area contributed by atoms with Gasteiger partial charge in [-0.25, -0.2) is 4.98 Å². The van der Waals surface area contributed by atoms with Gasteiger partial charge in [0, 0.05) is 53.1 Å². The van der Waals surface area contributed by atoms with E-state index in [0.717, 1.165) is 33.0 Å². The van der Waals surface area contributed by atoms with Gasteiger partial charge in [0.2, 0.25) is 5.95 Å². The lowest BCUT2D eigenvalue weighted by atomic mass is 10.1. The predicted octanol–water partition coefficient (Wildman–Crippen LogP) is 4.88. The molecule has 0 unspecified atom stereocenters. The van der Waals surface area contributed by atoms with Gasteiger partial charge in [-0.05, 0) is 37.5 Å². The van der Waals surface area contributed by atoms with Crippen LogP contribution in [0.25, 0.3) is 10.9 Å². The summed E-state index contributed by atoms with van der Waals surface area (Å²) in [4.78, 5) is 12.2. The van der Waals surface area contributed by atoms with Crippen molar-refractivity contribution >= 4 is 40.1 Å². The standard InChI is InChI=1S/C20H20ClN7/c1-11-8-17(25-18-9-16(27-28-18)12-2-3-12)26-20(24-11)23-10-13-4-5-15-14(19(13)21)6-7-22-15/h4-9,12,22H,2-3,10H2,1H3,(H3,23,24,25,26,27,28). The Balaban J connectivity index is 1.32. The SMILES string of the molecule is Cc1cc(Nc2cc(C3CC3)[nH]n2)nc(NCc2ccc3[nH]ccc3c2Cl)n1. The van der Waals surface area contributed by atoms with E-state index in [0.29, 0.717) is 24.2 Å². The van der Waals surface area contributed by atoms with Gasteiger partial charge in [-0.15, -0.1) is 0 Å². The molecule has 0 amide bonds. The minimum atomic E-state index is 0.539. The van der Waals surface area contributed by atoms with Gasteiger partial charge in [-0.2, -0.15) is 10.1 Å². The summed E-state index contributed by atoms with van der Waals surface area (Å²) in [7, 11) is 0. The third kappa shape index (κ3) is 3.41. The third-order valence-electron chi connectivity index (χ3n) is 4.91. The second-order valence-corrected chi connectivity index (χ2v) is 7.54. The maximum atomic E-state index is 6.53. The van der Waals surface area contributed by atoms with E-state index in [1.165, 1.54) is 18.5 Å². The lowest BCUT2D eigenvalue weighted by Gasteiger charge is -2.10. The number of anilines is 3. The first-order chi connectivity index (χ1) is 13.7. The Bertz CT molecular complexity index is 1140. The first-order valence-corrected chi connectivity index (χ1v) is 9.70. The number of halogens is 1. The van der Waals surface area contributed by atoms with E-state index in [4.69, 9.17) is 11.6 Å². The Morgan fingerprint density at radius 1 is 1.14 bits per heavy atom. The minimum Gasteiger partial charge on any atom is -0.361 e. The number of hydrogen-bond acceptors (Lipinski definition) is 5. The van der Waals surface area contributed by atoms with Crippen LogP contribution in [0, 0.1) is 6.92 Å². The quantitative estimate of drug-likeness (QED) is 0.374. The van der Waals surface area contributed by atoms with Crippen LogP contribution in [0.2, 0.25) is 5.02 Å². The first kappa shape index (κ1) is 17.1. The predicted molar refractivity (Wildman–Crippen MR) is 111 cm³/mol. The molecule has 1 aliphatic carbocycles. The number of aryl methyl sites for hydroxylation is 1. The maximum absolute atomic E-state index is 6.53. The molecular weight excluding hydrogens is 374 g/mol. The highest BCUT2D eigenvalue weighted by atomic mass is 35.5. The van der Waals surface area contributed by atoms with Gasteiger partial charge < -0.3 is 15.6 Å². The Kier molecular flexibility index (Phi) is 4.16. The fraction of sp³-hybridized carbons (Fsp3) is 0.250. The fourth-order valence-electron chi connectivity index (χ4n) is 3.30. The van der Waals surface area contributed by atoms with Gasteiger partial charge in [0.05, 0.1) is 5.02 Å². The molecule has 3 heterocycles. The number of H-pyrrole nitrogens is 2. The third-order valence-corrected chi connectivity index (χ3v) is 5.36. The summed E-state index contributed by atoms with van der Waals surface area (Å²) in [5, 5.41) is 15.7. The Hall–Kier alpha value is -3.06. The highest BCUT2D eigenvalue weighted by Crippen LogP contribution is 2.39. The van der Waals surface area contributed by atoms with E-state index >= 15 is 0 Å². The van der Waals surface area contributed by atoms with Gasteiger partial charge in [-0.1, -0.05) is 17.7 Å². The van der Waals surface area contributed by atoms with Crippen LogP contribution in [-0.2, 0) is 6.54 Å². The van der Waals surface area contributed by atoms with Crippen LogP contribution >= 0.6 is 11.6 Å². The zero-order chi connectivity index (χ0) is 19.1. The summed E-state index contributed by atoms with van der Waals surface area (Å²) >= 11 is 6.53. The molecular formula is C20H20ClN7. The molecule has 5 rings (SSSR count). The van der Waals surface area contributed by atoms with E-state index in [-0.39, 0.29) is 0 Å². The van der Waals surface area contributed by atoms with Gasteiger partial charge in [-0.3, -0.25) is 5.10 Å². The van der Waals surface area contributed by atoms with Crippen molar-refractivity contribution in [1.82, 2.24) is 25.1 Å². The van der Waals surface area contributed by atoms with E-state index < -0.39 is 0 Å². The number of hydrogen-bond donors (Lipinski definition) is 4. The monoisotopic (exact) mass is 393 g/mol. The normalized spacial score (nSPS) is 13.8. The molecule has 0 saturated heterocycles. The minimum absolute atomic E-state index is 0.539.